The minimum atomic E-state index is -7.19. The van der Waals surface area contributed by atoms with E-state index in [-0.39, 0.29) is 0 Å². The van der Waals surface area contributed by atoms with Gasteiger partial charge in [0.1, 0.15) is 0 Å². The standard InChI is InChI=1S/C10F18O3/c11-3(12)1(5(15,16)17)7(21,30-9(23,24)25)29-8(22,31-10(26,27)28)2(4(13)14)6(18,19)20. The van der Waals surface area contributed by atoms with E-state index in [9.17, 15) is 79.0 Å². The van der Waals surface area contributed by atoms with Crippen molar-refractivity contribution in [3.8, 4) is 0 Å². The molecule has 0 spiro atoms. The van der Waals surface area contributed by atoms with Crippen LogP contribution in [0.15, 0.2) is 23.3 Å². The molecule has 21 heteroatoms. The maximum Gasteiger partial charge on any atom is 0.527 e. The van der Waals surface area contributed by atoms with Crippen molar-refractivity contribution in [3.63, 3.8) is 0 Å². The van der Waals surface area contributed by atoms with Crippen LogP contribution in [0.25, 0.3) is 0 Å². The second-order valence-electron chi connectivity index (χ2n) is 4.54. The second-order valence-corrected chi connectivity index (χ2v) is 4.54. The maximum absolute atomic E-state index is 14.0. The van der Waals surface area contributed by atoms with Gasteiger partial charge in [-0.2, -0.15) is 52.7 Å². The number of hydrogen-bond acceptors (Lipinski definition) is 3. The molecular formula is C10F18O3. The lowest BCUT2D eigenvalue weighted by molar-refractivity contribution is -0.525. The molecule has 0 aromatic carbocycles. The topological polar surface area (TPSA) is 27.7 Å². The molecule has 0 aliphatic heterocycles. The van der Waals surface area contributed by atoms with Crippen LogP contribution < -0.4 is 0 Å². The normalized spacial score (nSPS) is 17.6. The van der Waals surface area contributed by atoms with Crippen LogP contribution in [0.4, 0.5) is 79.0 Å². The Labute approximate surface area is 155 Å². The van der Waals surface area contributed by atoms with Crippen LogP contribution in [-0.2, 0) is 14.2 Å². The summed E-state index contributed by atoms with van der Waals surface area (Å²) >= 11 is 0. The van der Waals surface area contributed by atoms with Gasteiger partial charge in [0.25, 0.3) is 12.2 Å². The highest BCUT2D eigenvalue weighted by Crippen LogP contribution is 2.51. The van der Waals surface area contributed by atoms with Gasteiger partial charge in [-0.25, -0.2) is 9.47 Å². The number of ether oxygens (including phenoxy) is 3. The Morgan fingerprint density at radius 1 is 0.387 bits per heavy atom. The van der Waals surface area contributed by atoms with Crippen molar-refractivity contribution in [1.29, 1.82) is 0 Å². The van der Waals surface area contributed by atoms with E-state index in [0.717, 1.165) is 0 Å². The van der Waals surface area contributed by atoms with Crippen LogP contribution in [0.3, 0.4) is 0 Å². The van der Waals surface area contributed by atoms with E-state index in [1.165, 1.54) is 0 Å². The Balaban J connectivity index is 7.18. The molecule has 2 atom stereocenters. The number of rotatable bonds is 6. The van der Waals surface area contributed by atoms with E-state index in [1.807, 2.05) is 4.74 Å². The summed E-state index contributed by atoms with van der Waals surface area (Å²) in [6.45, 7) is 0. The highest BCUT2D eigenvalue weighted by molar-refractivity contribution is 5.21. The van der Waals surface area contributed by atoms with Gasteiger partial charge in [-0.3, -0.25) is 4.74 Å². The predicted molar refractivity (Wildman–Crippen MR) is 53.6 cm³/mol. The third-order valence-corrected chi connectivity index (χ3v) is 2.30. The molecule has 0 bridgehead atoms. The molecular weight excluding hydrogens is 510 g/mol. The molecule has 0 N–H and O–H groups in total. The Hall–Kier alpha value is -1.90. The molecule has 0 heterocycles. The average molecular weight is 510 g/mol. The summed E-state index contributed by atoms with van der Waals surface area (Å²) in [5.74, 6) is 0. The first-order chi connectivity index (χ1) is 13.3. The Bertz CT molecular complexity index is 642. The summed E-state index contributed by atoms with van der Waals surface area (Å²) in [4.78, 5) is 0. The molecule has 0 amide bonds. The number of alkyl halides is 14. The molecule has 0 saturated heterocycles. The van der Waals surface area contributed by atoms with E-state index < -0.39 is 60.5 Å². The van der Waals surface area contributed by atoms with Crippen molar-refractivity contribution in [3.05, 3.63) is 23.3 Å². The third-order valence-electron chi connectivity index (χ3n) is 2.30. The smallest absolute Gasteiger partial charge is 0.254 e. The zero-order chi connectivity index (χ0) is 25.4. The zero-order valence-corrected chi connectivity index (χ0v) is 13.0. The largest absolute Gasteiger partial charge is 0.527 e. The summed E-state index contributed by atoms with van der Waals surface area (Å²) in [6, 6.07) is -14.4. The van der Waals surface area contributed by atoms with Crippen LogP contribution in [0.5, 0.6) is 0 Å². The molecule has 2 unspecified atom stereocenters. The quantitative estimate of drug-likeness (QED) is 0.293. The van der Waals surface area contributed by atoms with Crippen LogP contribution in [0.2, 0.25) is 0 Å². The molecule has 0 aliphatic rings. The molecule has 0 aromatic heterocycles. The predicted octanol–water partition coefficient (Wildman–Crippen LogP) is 6.75. The summed E-state index contributed by atoms with van der Waals surface area (Å²) in [5, 5.41) is 0. The summed E-state index contributed by atoms with van der Waals surface area (Å²) < 4.78 is 231. The fourth-order valence-electron chi connectivity index (χ4n) is 1.49. The van der Waals surface area contributed by atoms with Gasteiger partial charge in [0.15, 0.2) is 11.1 Å². The van der Waals surface area contributed by atoms with Gasteiger partial charge in [0.05, 0.1) is 0 Å². The monoisotopic (exact) mass is 510 g/mol. The zero-order valence-electron chi connectivity index (χ0n) is 13.0. The van der Waals surface area contributed by atoms with Gasteiger partial charge in [-0.1, -0.05) is 0 Å². The Morgan fingerprint density at radius 2 is 0.613 bits per heavy atom. The van der Waals surface area contributed by atoms with E-state index in [0.29, 0.717) is 0 Å². The molecule has 184 valence electrons. The first-order valence-electron chi connectivity index (χ1n) is 6.13. The Morgan fingerprint density at radius 3 is 0.742 bits per heavy atom. The van der Waals surface area contributed by atoms with E-state index >= 15 is 0 Å². The third kappa shape index (κ3) is 8.27. The summed E-state index contributed by atoms with van der Waals surface area (Å²) in [6.07, 6.45) is -37.9. The Kier molecular flexibility index (Phi) is 8.04. The molecule has 3 nitrogen and oxygen atoms in total. The average Bonchev–Trinajstić information content (AvgIpc) is 2.25. The lowest BCUT2D eigenvalue weighted by Crippen LogP contribution is -2.53. The lowest BCUT2D eigenvalue weighted by atomic mass is 10.2. The van der Waals surface area contributed by atoms with Gasteiger partial charge in [0, 0.05) is 0 Å². The van der Waals surface area contributed by atoms with Crippen molar-refractivity contribution in [1.82, 2.24) is 0 Å². The molecule has 0 rings (SSSR count). The van der Waals surface area contributed by atoms with Gasteiger partial charge < -0.3 is 0 Å². The van der Waals surface area contributed by atoms with E-state index in [2.05, 4.69) is 0 Å². The van der Waals surface area contributed by atoms with Gasteiger partial charge in [-0.15, -0.1) is 26.3 Å². The molecule has 0 radical (unpaired) electrons. The van der Waals surface area contributed by atoms with Crippen molar-refractivity contribution in [2.24, 2.45) is 0 Å². The highest BCUT2D eigenvalue weighted by Gasteiger charge is 2.69. The molecule has 0 saturated carbocycles. The van der Waals surface area contributed by atoms with Crippen LogP contribution in [0, 0.1) is 0 Å². The highest BCUT2D eigenvalue weighted by atomic mass is 19.4. The molecule has 0 aliphatic carbocycles. The molecule has 31 heavy (non-hydrogen) atoms. The van der Waals surface area contributed by atoms with Crippen LogP contribution in [0.1, 0.15) is 0 Å². The summed E-state index contributed by atoms with van der Waals surface area (Å²) in [5.41, 5.74) is -9.60. The fourth-order valence-corrected chi connectivity index (χ4v) is 1.49. The number of halogens is 18. The van der Waals surface area contributed by atoms with Crippen LogP contribution >= 0.6 is 0 Å². The molecule has 0 fully saturated rings. The van der Waals surface area contributed by atoms with E-state index in [4.69, 9.17) is 0 Å². The van der Waals surface area contributed by atoms with Gasteiger partial charge in [0.2, 0.25) is 0 Å². The first kappa shape index (κ1) is 29.1. The van der Waals surface area contributed by atoms with Crippen LogP contribution in [-0.4, -0.2) is 37.2 Å². The minimum absolute atomic E-state index is 1.66. The minimum Gasteiger partial charge on any atom is -0.254 e. The SMILES string of the molecule is FC(F)=C(C(F)(F)F)C(F)(OC(F)(F)F)OC(F)(OC(F)(F)F)C(=C(F)F)C(F)(F)F. The van der Waals surface area contributed by atoms with Crippen molar-refractivity contribution in [2.45, 2.75) is 37.2 Å². The first-order valence-corrected chi connectivity index (χ1v) is 6.13. The fraction of sp³-hybridized carbons (Fsp3) is 0.600. The van der Waals surface area contributed by atoms with Gasteiger partial charge >= 0.3 is 37.2 Å². The van der Waals surface area contributed by atoms with E-state index in [1.54, 1.807) is 9.47 Å². The van der Waals surface area contributed by atoms with Crippen molar-refractivity contribution in [2.75, 3.05) is 0 Å². The second kappa shape index (κ2) is 8.56. The maximum atomic E-state index is 14.0. The molecule has 0 aromatic rings. The van der Waals surface area contributed by atoms with Crippen molar-refractivity contribution >= 4 is 0 Å². The van der Waals surface area contributed by atoms with Gasteiger partial charge in [-0.05, 0) is 0 Å². The lowest BCUT2D eigenvalue weighted by Gasteiger charge is -2.36. The number of hydrogen-bond donors (Lipinski definition) is 0. The van der Waals surface area contributed by atoms with Crippen molar-refractivity contribution < 1.29 is 93.2 Å². The summed E-state index contributed by atoms with van der Waals surface area (Å²) in [7, 11) is 0.